The Morgan fingerprint density at radius 2 is 2.09 bits per heavy atom. The number of carboxylic acid groups (broad SMARTS) is 1. The lowest BCUT2D eigenvalue weighted by Crippen LogP contribution is -2.44. The lowest BCUT2D eigenvalue weighted by molar-refractivity contribution is -0.142. The number of carbonyl (C=O) groups is 1. The lowest BCUT2D eigenvalue weighted by Gasteiger charge is -2.28. The average Bonchev–Trinajstić information content (AvgIpc) is 1.85. The molecule has 0 radical (unpaired) electrons. The number of halogens is 2. The summed E-state index contributed by atoms with van der Waals surface area (Å²) in [7, 11) is 0. The number of alkyl halides is 2. The Morgan fingerprint density at radius 1 is 1.45 bits per heavy atom. The highest BCUT2D eigenvalue weighted by molar-refractivity contribution is 6.24. The number of piperidine rings is 1. The van der Waals surface area contributed by atoms with E-state index in [4.69, 9.17) is 28.3 Å². The van der Waals surface area contributed by atoms with Crippen molar-refractivity contribution in [3.63, 3.8) is 0 Å². The summed E-state index contributed by atoms with van der Waals surface area (Å²) in [5, 5.41) is 11.4. The van der Waals surface area contributed by atoms with Gasteiger partial charge in [-0.2, -0.15) is 0 Å². The van der Waals surface area contributed by atoms with Gasteiger partial charge in [-0.15, -0.1) is 23.2 Å². The van der Waals surface area contributed by atoms with E-state index >= 15 is 0 Å². The van der Waals surface area contributed by atoms with E-state index < -0.39 is 17.4 Å². The van der Waals surface area contributed by atoms with Gasteiger partial charge in [-0.25, -0.2) is 0 Å². The summed E-state index contributed by atoms with van der Waals surface area (Å²) in [6, 6.07) is 0. The Morgan fingerprint density at radius 3 is 2.55 bits per heavy atom. The molecular formula is C6H9Cl2NO2. The molecule has 1 fully saturated rings. The molecule has 1 aliphatic heterocycles. The molecule has 1 saturated heterocycles. The molecule has 0 aromatic rings. The van der Waals surface area contributed by atoms with Crippen molar-refractivity contribution in [2.75, 3.05) is 0 Å². The van der Waals surface area contributed by atoms with Crippen LogP contribution < -0.4 is 5.32 Å². The second-order valence-electron chi connectivity index (χ2n) is 2.56. The molecule has 0 bridgehead atoms. The largest absolute Gasteiger partial charge is 0.481 e. The highest BCUT2D eigenvalue weighted by atomic mass is 35.5. The summed E-state index contributed by atoms with van der Waals surface area (Å²) in [6.07, 6.45) is 1.20. The van der Waals surface area contributed by atoms with E-state index in [2.05, 4.69) is 5.32 Å². The van der Waals surface area contributed by atoms with E-state index in [1.54, 1.807) is 0 Å². The van der Waals surface area contributed by atoms with Gasteiger partial charge in [0.15, 0.2) is 0 Å². The van der Waals surface area contributed by atoms with Gasteiger partial charge in [0.2, 0.25) is 0 Å². The molecule has 0 saturated carbocycles. The third kappa shape index (κ3) is 2.22. The Bertz CT molecular complexity index is 165. The predicted molar refractivity (Wildman–Crippen MR) is 42.8 cm³/mol. The van der Waals surface area contributed by atoms with E-state index in [0.717, 1.165) is 0 Å². The van der Waals surface area contributed by atoms with E-state index in [1.165, 1.54) is 0 Å². The van der Waals surface area contributed by atoms with Crippen LogP contribution in [0.1, 0.15) is 12.8 Å². The summed E-state index contributed by atoms with van der Waals surface area (Å²) in [4.78, 5) is 10.5. The topological polar surface area (TPSA) is 49.3 Å². The van der Waals surface area contributed by atoms with Gasteiger partial charge in [-0.05, 0) is 12.8 Å². The SMILES string of the molecule is O=C(O)[C@@H]1CC[C@H](Cl)N[C@H]1Cl. The molecule has 0 unspecified atom stereocenters. The first-order chi connectivity index (χ1) is 5.11. The molecule has 1 rings (SSSR count). The number of nitrogens with one attached hydrogen (secondary N) is 1. The number of carboxylic acids is 1. The molecule has 3 atom stereocenters. The fourth-order valence-corrected chi connectivity index (χ4v) is 1.81. The van der Waals surface area contributed by atoms with E-state index in [0.29, 0.717) is 12.8 Å². The van der Waals surface area contributed by atoms with Crippen LogP contribution in [0.25, 0.3) is 0 Å². The van der Waals surface area contributed by atoms with Crippen molar-refractivity contribution >= 4 is 29.2 Å². The molecule has 2 N–H and O–H groups in total. The van der Waals surface area contributed by atoms with Crippen molar-refractivity contribution in [1.82, 2.24) is 5.32 Å². The number of aliphatic carboxylic acids is 1. The van der Waals surface area contributed by atoms with Crippen LogP contribution in [-0.4, -0.2) is 22.1 Å². The summed E-state index contributed by atoms with van der Waals surface area (Å²) >= 11 is 11.4. The molecule has 64 valence electrons. The van der Waals surface area contributed by atoms with Crippen LogP contribution in [0.2, 0.25) is 0 Å². The van der Waals surface area contributed by atoms with Crippen molar-refractivity contribution in [3.05, 3.63) is 0 Å². The van der Waals surface area contributed by atoms with Crippen molar-refractivity contribution < 1.29 is 9.90 Å². The summed E-state index contributed by atoms with van der Waals surface area (Å²) in [5.74, 6) is -1.37. The van der Waals surface area contributed by atoms with Gasteiger partial charge in [-0.1, -0.05) is 0 Å². The molecule has 3 nitrogen and oxygen atoms in total. The van der Waals surface area contributed by atoms with Gasteiger partial charge >= 0.3 is 5.97 Å². The van der Waals surface area contributed by atoms with Gasteiger partial charge in [0.25, 0.3) is 0 Å². The number of rotatable bonds is 1. The van der Waals surface area contributed by atoms with Crippen molar-refractivity contribution in [2.45, 2.75) is 23.8 Å². The Hall–Kier alpha value is 0.01000. The fraction of sp³-hybridized carbons (Fsp3) is 0.833. The minimum Gasteiger partial charge on any atom is -0.481 e. The van der Waals surface area contributed by atoms with Crippen LogP contribution >= 0.6 is 23.2 Å². The first-order valence-corrected chi connectivity index (χ1v) is 4.25. The van der Waals surface area contributed by atoms with E-state index in [-0.39, 0.29) is 5.50 Å². The third-order valence-electron chi connectivity index (χ3n) is 1.74. The maximum absolute atomic E-state index is 10.5. The Kier molecular flexibility index (Phi) is 2.98. The zero-order valence-electron chi connectivity index (χ0n) is 5.76. The second-order valence-corrected chi connectivity index (χ2v) is 3.56. The Labute approximate surface area is 74.7 Å². The molecule has 0 aromatic heterocycles. The van der Waals surface area contributed by atoms with Crippen LogP contribution in [0.3, 0.4) is 0 Å². The average molecular weight is 198 g/mol. The number of hydrogen-bond donors (Lipinski definition) is 2. The van der Waals surface area contributed by atoms with E-state index in [9.17, 15) is 4.79 Å². The summed E-state index contributed by atoms with van der Waals surface area (Å²) in [6.45, 7) is 0. The number of hydrogen-bond acceptors (Lipinski definition) is 2. The quantitative estimate of drug-likeness (QED) is 0.491. The molecular weight excluding hydrogens is 189 g/mol. The van der Waals surface area contributed by atoms with Crippen molar-refractivity contribution in [2.24, 2.45) is 5.92 Å². The minimum absolute atomic E-state index is 0.187. The maximum Gasteiger partial charge on any atom is 0.309 e. The molecule has 11 heavy (non-hydrogen) atoms. The Balaban J connectivity index is 2.50. The molecule has 0 amide bonds. The molecule has 1 aliphatic rings. The van der Waals surface area contributed by atoms with Crippen LogP contribution in [-0.2, 0) is 4.79 Å². The smallest absolute Gasteiger partial charge is 0.309 e. The lowest BCUT2D eigenvalue weighted by atomic mass is 10.00. The van der Waals surface area contributed by atoms with Crippen LogP contribution in [0, 0.1) is 5.92 Å². The summed E-state index contributed by atoms with van der Waals surface area (Å²) in [5.41, 5.74) is -0.725. The fourth-order valence-electron chi connectivity index (χ4n) is 1.09. The molecule has 1 heterocycles. The molecule has 0 spiro atoms. The van der Waals surface area contributed by atoms with Gasteiger partial charge in [0, 0.05) is 0 Å². The zero-order valence-corrected chi connectivity index (χ0v) is 7.27. The van der Waals surface area contributed by atoms with Crippen LogP contribution in [0.4, 0.5) is 0 Å². The molecule has 5 heteroatoms. The standard InChI is InChI=1S/C6H9Cl2NO2/c7-4-2-1-3(6(10)11)5(8)9-4/h3-5,9H,1-2H2,(H,10,11)/t3-,4-,5-/m1/s1. The first-order valence-electron chi connectivity index (χ1n) is 3.38. The van der Waals surface area contributed by atoms with Crippen LogP contribution in [0.15, 0.2) is 0 Å². The van der Waals surface area contributed by atoms with Gasteiger partial charge in [0.1, 0.15) is 0 Å². The van der Waals surface area contributed by atoms with Crippen molar-refractivity contribution in [3.8, 4) is 0 Å². The predicted octanol–water partition coefficient (Wildman–Crippen LogP) is 1.20. The van der Waals surface area contributed by atoms with Gasteiger partial charge in [0.05, 0.1) is 16.9 Å². The van der Waals surface area contributed by atoms with Gasteiger partial charge in [-0.3, -0.25) is 10.1 Å². The highest BCUT2D eigenvalue weighted by Gasteiger charge is 2.32. The maximum atomic E-state index is 10.5. The summed E-state index contributed by atoms with van der Waals surface area (Å²) < 4.78 is 0. The van der Waals surface area contributed by atoms with Crippen molar-refractivity contribution in [1.29, 1.82) is 0 Å². The van der Waals surface area contributed by atoms with Gasteiger partial charge < -0.3 is 5.11 Å². The zero-order chi connectivity index (χ0) is 8.43. The van der Waals surface area contributed by atoms with E-state index in [1.807, 2.05) is 0 Å². The normalized spacial score (nSPS) is 38.5. The molecule has 0 aromatic carbocycles. The molecule has 0 aliphatic carbocycles. The monoisotopic (exact) mass is 197 g/mol. The minimum atomic E-state index is -0.860. The van der Waals surface area contributed by atoms with Crippen LogP contribution in [0.5, 0.6) is 0 Å². The second kappa shape index (κ2) is 3.61. The third-order valence-corrected chi connectivity index (χ3v) is 2.52. The highest BCUT2D eigenvalue weighted by Crippen LogP contribution is 2.23. The first kappa shape index (κ1) is 9.10.